The Morgan fingerprint density at radius 2 is 2.04 bits per heavy atom. The number of fused-ring (bicyclic) bond motifs is 2. The topological polar surface area (TPSA) is 87.2 Å². The predicted molar refractivity (Wildman–Crippen MR) is 106 cm³/mol. The molecule has 27 heavy (non-hydrogen) atoms. The summed E-state index contributed by atoms with van der Waals surface area (Å²) in [5.41, 5.74) is 4.24. The highest BCUT2D eigenvalue weighted by atomic mass is 35.5. The molecule has 2 heterocycles. The minimum atomic E-state index is -0.100. The third-order valence-corrected chi connectivity index (χ3v) is 4.70. The zero-order chi connectivity index (χ0) is 19.0. The number of anilines is 1. The number of halogens is 1. The Balaban J connectivity index is 1.76. The molecule has 136 valence electrons. The van der Waals surface area contributed by atoms with Gasteiger partial charge in [-0.05, 0) is 18.6 Å². The SMILES string of the molecule is CCCC(=O)Nc1nc2c(Cl)cc(C3=NCC(=O)c4ccccc43)cc2[nH]1. The van der Waals surface area contributed by atoms with Gasteiger partial charge < -0.3 is 4.98 Å². The van der Waals surface area contributed by atoms with Crippen molar-refractivity contribution in [2.24, 2.45) is 4.99 Å². The molecule has 0 spiro atoms. The fourth-order valence-corrected chi connectivity index (χ4v) is 3.46. The van der Waals surface area contributed by atoms with E-state index in [2.05, 4.69) is 20.3 Å². The highest BCUT2D eigenvalue weighted by Gasteiger charge is 2.22. The van der Waals surface area contributed by atoms with E-state index < -0.39 is 0 Å². The summed E-state index contributed by atoms with van der Waals surface area (Å²) in [7, 11) is 0. The van der Waals surface area contributed by atoms with E-state index in [0.29, 0.717) is 34.0 Å². The summed E-state index contributed by atoms with van der Waals surface area (Å²) >= 11 is 6.43. The number of aromatic amines is 1. The first-order chi connectivity index (χ1) is 13.1. The number of hydrogen-bond acceptors (Lipinski definition) is 4. The van der Waals surface area contributed by atoms with E-state index in [0.717, 1.165) is 23.3 Å². The average molecular weight is 381 g/mol. The maximum absolute atomic E-state index is 12.1. The molecule has 0 aliphatic carbocycles. The normalized spacial score (nSPS) is 13.4. The molecular formula is C20H17ClN4O2. The lowest BCUT2D eigenvalue weighted by Gasteiger charge is -2.16. The molecule has 7 heteroatoms. The van der Waals surface area contributed by atoms with Gasteiger partial charge in [-0.1, -0.05) is 42.8 Å². The van der Waals surface area contributed by atoms with Gasteiger partial charge >= 0.3 is 0 Å². The van der Waals surface area contributed by atoms with Crippen LogP contribution in [0.1, 0.15) is 41.3 Å². The smallest absolute Gasteiger partial charge is 0.226 e. The summed E-state index contributed by atoms with van der Waals surface area (Å²) in [4.78, 5) is 35.8. The fourth-order valence-electron chi connectivity index (χ4n) is 3.19. The van der Waals surface area contributed by atoms with Crippen LogP contribution in [0, 0.1) is 0 Å². The molecular weight excluding hydrogens is 364 g/mol. The van der Waals surface area contributed by atoms with Crippen molar-refractivity contribution in [2.75, 3.05) is 11.9 Å². The van der Waals surface area contributed by atoms with E-state index in [-0.39, 0.29) is 18.2 Å². The Bertz CT molecular complexity index is 1100. The Morgan fingerprint density at radius 3 is 2.81 bits per heavy atom. The summed E-state index contributed by atoms with van der Waals surface area (Å²) in [6.45, 7) is 2.05. The third-order valence-electron chi connectivity index (χ3n) is 4.41. The van der Waals surface area contributed by atoms with Crippen LogP contribution >= 0.6 is 11.6 Å². The van der Waals surface area contributed by atoms with Crippen molar-refractivity contribution in [1.82, 2.24) is 9.97 Å². The number of nitrogens with one attached hydrogen (secondary N) is 2. The third kappa shape index (κ3) is 3.24. The van der Waals surface area contributed by atoms with Gasteiger partial charge in [-0.3, -0.25) is 19.9 Å². The van der Waals surface area contributed by atoms with Gasteiger partial charge in [0.25, 0.3) is 0 Å². The zero-order valence-corrected chi connectivity index (χ0v) is 15.4. The number of imidazole rings is 1. The highest BCUT2D eigenvalue weighted by molar-refractivity contribution is 6.36. The molecule has 0 saturated heterocycles. The molecule has 1 amide bonds. The van der Waals surface area contributed by atoms with Gasteiger partial charge in [0.1, 0.15) is 12.1 Å². The van der Waals surface area contributed by atoms with Crippen LogP contribution in [0.25, 0.3) is 11.0 Å². The largest absolute Gasteiger partial charge is 0.324 e. The molecule has 0 radical (unpaired) electrons. The monoisotopic (exact) mass is 380 g/mol. The highest BCUT2D eigenvalue weighted by Crippen LogP contribution is 2.28. The van der Waals surface area contributed by atoms with Crippen LogP contribution in [0.2, 0.25) is 5.02 Å². The number of nitrogens with zero attached hydrogens (tertiary/aromatic N) is 2. The molecule has 1 aliphatic rings. The van der Waals surface area contributed by atoms with Crippen LogP contribution in [0.5, 0.6) is 0 Å². The quantitative estimate of drug-likeness (QED) is 0.717. The molecule has 0 atom stereocenters. The number of benzene rings is 2. The molecule has 4 rings (SSSR count). The van der Waals surface area contributed by atoms with Crippen LogP contribution in [0.4, 0.5) is 5.95 Å². The number of aliphatic imine (C=N–C) groups is 1. The molecule has 2 aromatic carbocycles. The van der Waals surface area contributed by atoms with E-state index in [9.17, 15) is 9.59 Å². The number of carbonyl (C=O) groups is 2. The summed E-state index contributed by atoms with van der Waals surface area (Å²) in [5, 5.41) is 3.19. The second-order valence-corrected chi connectivity index (χ2v) is 6.78. The minimum Gasteiger partial charge on any atom is -0.324 e. The van der Waals surface area contributed by atoms with Crippen LogP contribution in [0.3, 0.4) is 0 Å². The average Bonchev–Trinajstić information content (AvgIpc) is 3.05. The first-order valence-corrected chi connectivity index (χ1v) is 9.11. The van der Waals surface area contributed by atoms with E-state index in [4.69, 9.17) is 11.6 Å². The van der Waals surface area contributed by atoms with Crippen molar-refractivity contribution in [1.29, 1.82) is 0 Å². The standard InChI is InChI=1S/C20H17ClN4O2/c1-2-5-17(27)24-20-23-15-9-11(8-14(21)19(15)25-20)18-13-7-4-3-6-12(13)16(26)10-22-18/h3-4,6-9H,2,5,10H2,1H3,(H2,23,24,25,27). The number of ketones is 1. The van der Waals surface area contributed by atoms with Crippen LogP contribution in [0.15, 0.2) is 41.4 Å². The van der Waals surface area contributed by atoms with E-state index in [1.807, 2.05) is 37.3 Å². The molecule has 2 N–H and O–H groups in total. The number of Topliss-reactive ketones (excluding diaryl/α,β-unsaturated/α-hetero) is 1. The van der Waals surface area contributed by atoms with Gasteiger partial charge in [0, 0.05) is 23.1 Å². The number of amides is 1. The van der Waals surface area contributed by atoms with Crippen LogP contribution in [-0.4, -0.2) is 33.9 Å². The molecule has 0 saturated carbocycles. The lowest BCUT2D eigenvalue weighted by molar-refractivity contribution is -0.116. The number of H-pyrrole nitrogens is 1. The van der Waals surface area contributed by atoms with Crippen molar-refractivity contribution in [3.8, 4) is 0 Å². The summed E-state index contributed by atoms with van der Waals surface area (Å²) in [6, 6.07) is 11.1. The molecule has 0 bridgehead atoms. The van der Waals surface area contributed by atoms with Gasteiger partial charge in [-0.25, -0.2) is 4.98 Å². The maximum Gasteiger partial charge on any atom is 0.226 e. The number of hydrogen-bond donors (Lipinski definition) is 2. The molecule has 3 aromatic rings. The number of carbonyl (C=O) groups excluding carboxylic acids is 2. The Hall–Kier alpha value is -2.99. The van der Waals surface area contributed by atoms with E-state index >= 15 is 0 Å². The Kier molecular flexibility index (Phi) is 4.49. The van der Waals surface area contributed by atoms with E-state index in [1.165, 1.54) is 0 Å². The van der Waals surface area contributed by atoms with Crippen molar-refractivity contribution in [2.45, 2.75) is 19.8 Å². The second kappa shape index (κ2) is 6.96. The van der Waals surface area contributed by atoms with Crippen LogP contribution < -0.4 is 5.32 Å². The fraction of sp³-hybridized carbons (Fsp3) is 0.200. The van der Waals surface area contributed by atoms with Gasteiger partial charge in [-0.15, -0.1) is 0 Å². The molecule has 1 aliphatic heterocycles. The van der Waals surface area contributed by atoms with Gasteiger partial charge in [-0.2, -0.15) is 0 Å². The Morgan fingerprint density at radius 1 is 1.26 bits per heavy atom. The lowest BCUT2D eigenvalue weighted by Crippen LogP contribution is -2.19. The maximum atomic E-state index is 12.1. The van der Waals surface area contributed by atoms with Crippen molar-refractivity contribution >= 4 is 46.0 Å². The van der Waals surface area contributed by atoms with Gasteiger partial charge in [0.15, 0.2) is 5.78 Å². The number of aromatic nitrogens is 2. The second-order valence-electron chi connectivity index (χ2n) is 6.37. The van der Waals surface area contributed by atoms with Gasteiger partial charge in [0.05, 0.1) is 16.3 Å². The van der Waals surface area contributed by atoms with Crippen molar-refractivity contribution in [3.63, 3.8) is 0 Å². The van der Waals surface area contributed by atoms with Crippen molar-refractivity contribution in [3.05, 3.63) is 58.1 Å². The summed E-state index contributed by atoms with van der Waals surface area (Å²) < 4.78 is 0. The summed E-state index contributed by atoms with van der Waals surface area (Å²) in [6.07, 6.45) is 1.19. The molecule has 6 nitrogen and oxygen atoms in total. The first-order valence-electron chi connectivity index (χ1n) is 8.73. The zero-order valence-electron chi connectivity index (χ0n) is 14.7. The first kappa shape index (κ1) is 17.4. The van der Waals surface area contributed by atoms with Gasteiger partial charge in [0.2, 0.25) is 11.9 Å². The Labute approximate surface area is 160 Å². The van der Waals surface area contributed by atoms with E-state index in [1.54, 1.807) is 6.07 Å². The lowest BCUT2D eigenvalue weighted by atomic mass is 9.92. The molecule has 0 unspecified atom stereocenters. The minimum absolute atomic E-state index is 0.00369. The summed E-state index contributed by atoms with van der Waals surface area (Å²) in [5.74, 6) is 0.268. The number of rotatable bonds is 4. The van der Waals surface area contributed by atoms with Crippen LogP contribution in [-0.2, 0) is 4.79 Å². The predicted octanol–water partition coefficient (Wildman–Crippen LogP) is 3.99. The van der Waals surface area contributed by atoms with Crippen molar-refractivity contribution < 1.29 is 9.59 Å². The molecule has 0 fully saturated rings. The molecule has 1 aromatic heterocycles.